The molecule has 1 unspecified atom stereocenters. The van der Waals surface area contributed by atoms with Crippen molar-refractivity contribution in [1.82, 2.24) is 4.90 Å². The van der Waals surface area contributed by atoms with Gasteiger partial charge in [-0.2, -0.15) is 0 Å². The van der Waals surface area contributed by atoms with Gasteiger partial charge in [0.25, 0.3) is 5.91 Å². The van der Waals surface area contributed by atoms with Gasteiger partial charge in [-0.1, -0.05) is 36.4 Å². The van der Waals surface area contributed by atoms with Gasteiger partial charge in [-0.3, -0.25) is 4.79 Å². The summed E-state index contributed by atoms with van der Waals surface area (Å²) in [5, 5.41) is 0.969. The van der Waals surface area contributed by atoms with Gasteiger partial charge in [-0.15, -0.1) is 0 Å². The van der Waals surface area contributed by atoms with Crippen molar-refractivity contribution < 1.29 is 18.7 Å². The number of nitrogens with zero attached hydrogens (tertiary/aromatic N) is 1. The summed E-state index contributed by atoms with van der Waals surface area (Å²) in [6.45, 7) is 2.38. The highest BCUT2D eigenvalue weighted by molar-refractivity contribution is 5.98. The second-order valence-corrected chi connectivity index (χ2v) is 7.03. The maximum atomic E-state index is 12.9. The number of para-hydroxylation sites is 1. The molecule has 27 heavy (non-hydrogen) atoms. The van der Waals surface area contributed by atoms with Gasteiger partial charge in [-0.05, 0) is 44.0 Å². The van der Waals surface area contributed by atoms with Crippen molar-refractivity contribution in [3.63, 3.8) is 0 Å². The first-order valence-corrected chi connectivity index (χ1v) is 9.10. The highest BCUT2D eigenvalue weighted by Gasteiger charge is 2.47. The van der Waals surface area contributed by atoms with Crippen molar-refractivity contribution in [2.45, 2.75) is 31.9 Å². The predicted molar refractivity (Wildman–Crippen MR) is 101 cm³/mol. The van der Waals surface area contributed by atoms with Crippen LogP contribution in [0.3, 0.4) is 0 Å². The number of carbonyl (C=O) groups excluding carboxylic acids is 2. The number of furan rings is 1. The van der Waals surface area contributed by atoms with Crippen molar-refractivity contribution in [1.29, 1.82) is 0 Å². The first-order chi connectivity index (χ1) is 13.1. The number of ether oxygens (including phenoxy) is 1. The lowest BCUT2D eigenvalue weighted by molar-refractivity contribution is -0.156. The lowest BCUT2D eigenvalue weighted by Gasteiger charge is -2.33. The standard InChI is InChI=1S/C22H21NO4/c1-22(12-7-13-23(22)20(24)16-8-3-2-4-9-16)21(25)26-15-18-14-17-10-5-6-11-19(17)27-18/h2-6,8-11,14H,7,12-13,15H2,1H3. The number of carbonyl (C=O) groups is 2. The summed E-state index contributed by atoms with van der Waals surface area (Å²) in [6, 6.07) is 18.5. The Labute approximate surface area is 157 Å². The van der Waals surface area contributed by atoms with E-state index >= 15 is 0 Å². The van der Waals surface area contributed by atoms with Gasteiger partial charge in [-0.25, -0.2) is 4.79 Å². The summed E-state index contributed by atoms with van der Waals surface area (Å²) < 4.78 is 11.2. The van der Waals surface area contributed by atoms with Crippen molar-refractivity contribution in [2.24, 2.45) is 0 Å². The summed E-state index contributed by atoms with van der Waals surface area (Å²) >= 11 is 0. The fourth-order valence-electron chi connectivity index (χ4n) is 3.64. The molecule has 5 heteroatoms. The molecule has 1 amide bonds. The van der Waals surface area contributed by atoms with Crippen LogP contribution in [0.4, 0.5) is 0 Å². The second-order valence-electron chi connectivity index (χ2n) is 7.03. The van der Waals surface area contributed by atoms with Crippen LogP contribution in [0, 0.1) is 0 Å². The molecule has 1 aliphatic heterocycles. The minimum Gasteiger partial charge on any atom is -0.457 e. The van der Waals surface area contributed by atoms with Gasteiger partial charge in [0.2, 0.25) is 0 Å². The molecule has 5 nitrogen and oxygen atoms in total. The number of hydrogen-bond donors (Lipinski definition) is 0. The fourth-order valence-corrected chi connectivity index (χ4v) is 3.64. The van der Waals surface area contributed by atoms with E-state index < -0.39 is 11.5 Å². The second kappa shape index (κ2) is 6.91. The molecule has 0 saturated carbocycles. The molecule has 0 N–H and O–H groups in total. The molecule has 0 radical (unpaired) electrons. The third-order valence-electron chi connectivity index (χ3n) is 5.17. The maximum Gasteiger partial charge on any atom is 0.332 e. The normalized spacial score (nSPS) is 19.4. The van der Waals surface area contributed by atoms with Crippen LogP contribution in [0.25, 0.3) is 11.0 Å². The van der Waals surface area contributed by atoms with Gasteiger partial charge >= 0.3 is 5.97 Å². The molecule has 1 aliphatic rings. The molecule has 0 aliphatic carbocycles. The molecular formula is C22H21NO4. The molecule has 1 atom stereocenters. The average Bonchev–Trinajstić information content (AvgIpc) is 3.30. The Hall–Kier alpha value is -3.08. The van der Waals surface area contributed by atoms with E-state index in [0.29, 0.717) is 24.3 Å². The average molecular weight is 363 g/mol. The molecule has 2 heterocycles. The monoisotopic (exact) mass is 363 g/mol. The Morgan fingerprint density at radius 1 is 1.11 bits per heavy atom. The molecule has 0 spiro atoms. The van der Waals surface area contributed by atoms with Crippen LogP contribution in [-0.2, 0) is 16.1 Å². The van der Waals surface area contributed by atoms with Crippen molar-refractivity contribution >= 4 is 22.8 Å². The lowest BCUT2D eigenvalue weighted by atomic mass is 9.98. The molecule has 138 valence electrons. The number of esters is 1. The molecule has 3 aromatic rings. The third-order valence-corrected chi connectivity index (χ3v) is 5.17. The van der Waals surface area contributed by atoms with E-state index in [2.05, 4.69) is 0 Å². The summed E-state index contributed by atoms with van der Waals surface area (Å²) in [5.74, 6) is 0.0492. The van der Waals surface area contributed by atoms with Crippen LogP contribution >= 0.6 is 0 Å². The van der Waals surface area contributed by atoms with Crippen LogP contribution in [0.1, 0.15) is 35.9 Å². The van der Waals surface area contributed by atoms with Gasteiger partial charge in [0.15, 0.2) is 0 Å². The van der Waals surface area contributed by atoms with Crippen molar-refractivity contribution in [2.75, 3.05) is 6.54 Å². The maximum absolute atomic E-state index is 12.9. The third kappa shape index (κ3) is 3.21. The number of benzene rings is 2. The minimum atomic E-state index is -0.959. The molecular weight excluding hydrogens is 342 g/mol. The molecule has 1 fully saturated rings. The Bertz CT molecular complexity index is 945. The smallest absolute Gasteiger partial charge is 0.332 e. The Morgan fingerprint density at radius 2 is 1.85 bits per heavy atom. The number of hydrogen-bond acceptors (Lipinski definition) is 4. The van der Waals surface area contributed by atoms with Crippen molar-refractivity contribution in [3.8, 4) is 0 Å². The van der Waals surface area contributed by atoms with Crippen molar-refractivity contribution in [3.05, 3.63) is 72.0 Å². The van der Waals surface area contributed by atoms with Gasteiger partial charge in [0, 0.05) is 17.5 Å². The summed E-state index contributed by atoms with van der Waals surface area (Å²) in [5.41, 5.74) is 0.381. The Kier molecular flexibility index (Phi) is 4.44. The van der Waals surface area contributed by atoms with E-state index in [9.17, 15) is 9.59 Å². The zero-order valence-corrected chi connectivity index (χ0v) is 15.2. The predicted octanol–water partition coefficient (Wildman–Crippen LogP) is 4.17. The van der Waals surface area contributed by atoms with Crippen LogP contribution in [0.5, 0.6) is 0 Å². The van der Waals surface area contributed by atoms with Crippen LogP contribution in [-0.4, -0.2) is 28.9 Å². The van der Waals surface area contributed by atoms with E-state index in [1.165, 1.54) is 0 Å². The number of amides is 1. The number of fused-ring (bicyclic) bond motifs is 1. The Balaban J connectivity index is 1.48. The quantitative estimate of drug-likeness (QED) is 0.653. The molecule has 0 bridgehead atoms. The van der Waals surface area contributed by atoms with Gasteiger partial charge in [0.1, 0.15) is 23.5 Å². The first kappa shape index (κ1) is 17.3. The number of likely N-dealkylation sites (tertiary alicyclic amines) is 1. The highest BCUT2D eigenvalue weighted by atomic mass is 16.5. The van der Waals surface area contributed by atoms with Crippen LogP contribution in [0.2, 0.25) is 0 Å². The fraction of sp³-hybridized carbons (Fsp3) is 0.273. The first-order valence-electron chi connectivity index (χ1n) is 9.10. The Morgan fingerprint density at radius 3 is 2.63 bits per heavy atom. The van der Waals surface area contributed by atoms with E-state index in [0.717, 1.165) is 17.4 Å². The molecule has 1 saturated heterocycles. The highest BCUT2D eigenvalue weighted by Crippen LogP contribution is 2.32. The minimum absolute atomic E-state index is 0.0521. The van der Waals surface area contributed by atoms with E-state index in [1.807, 2.05) is 48.5 Å². The topological polar surface area (TPSA) is 59.8 Å². The van der Waals surface area contributed by atoms with E-state index in [4.69, 9.17) is 9.15 Å². The van der Waals surface area contributed by atoms with Crippen LogP contribution < -0.4 is 0 Å². The number of rotatable bonds is 4. The van der Waals surface area contributed by atoms with Gasteiger partial charge < -0.3 is 14.1 Å². The molecule has 2 aromatic carbocycles. The summed E-state index contributed by atoms with van der Waals surface area (Å²) in [6.07, 6.45) is 1.36. The zero-order valence-electron chi connectivity index (χ0n) is 15.2. The SMILES string of the molecule is CC1(C(=O)OCc2cc3ccccc3o2)CCCN1C(=O)c1ccccc1. The molecule has 1 aromatic heterocycles. The largest absolute Gasteiger partial charge is 0.457 e. The van der Waals surface area contributed by atoms with Crippen LogP contribution in [0.15, 0.2) is 65.1 Å². The van der Waals surface area contributed by atoms with E-state index in [-0.39, 0.29) is 12.5 Å². The van der Waals surface area contributed by atoms with Gasteiger partial charge in [0.05, 0.1) is 0 Å². The summed E-state index contributed by atoms with van der Waals surface area (Å²) in [4.78, 5) is 27.3. The zero-order chi connectivity index (χ0) is 18.9. The van der Waals surface area contributed by atoms with E-state index in [1.54, 1.807) is 24.0 Å². The lowest BCUT2D eigenvalue weighted by Crippen LogP contribution is -2.51. The molecule has 4 rings (SSSR count). The summed E-state index contributed by atoms with van der Waals surface area (Å²) in [7, 11) is 0.